The number of amides is 1. The van der Waals surface area contributed by atoms with E-state index in [4.69, 9.17) is 0 Å². The number of benzene rings is 1. The zero-order valence-electron chi connectivity index (χ0n) is 13.0. The van der Waals surface area contributed by atoms with E-state index in [-0.39, 0.29) is 16.7 Å². The van der Waals surface area contributed by atoms with E-state index in [0.29, 0.717) is 4.88 Å². The normalized spacial score (nSPS) is 13.8. The standard InChI is InChI=1S/C14H14N3O6PS/c1-23-16-13(12-3-2-8-25-12)14(18)15-9-24(21,22)11-6-4-10(5-7-11)17(19)20/h2-8H,9H2,1H3,(H,15,18)(H,21,22)/b16-13-. The minimum absolute atomic E-state index is 0.000228. The van der Waals surface area contributed by atoms with Crippen LogP contribution in [0.1, 0.15) is 4.88 Å². The number of nitrogens with zero attached hydrogens (tertiary/aromatic N) is 2. The molecule has 0 aliphatic rings. The minimum atomic E-state index is -3.93. The Balaban J connectivity index is 2.10. The highest BCUT2D eigenvalue weighted by Crippen LogP contribution is 2.38. The Morgan fingerprint density at radius 3 is 2.60 bits per heavy atom. The van der Waals surface area contributed by atoms with Crippen LogP contribution in [0.25, 0.3) is 0 Å². The van der Waals surface area contributed by atoms with Gasteiger partial charge in [-0.2, -0.15) is 0 Å². The second-order valence-corrected chi connectivity index (χ2v) is 7.92. The fourth-order valence-electron chi connectivity index (χ4n) is 1.86. The lowest BCUT2D eigenvalue weighted by atomic mass is 10.3. The lowest BCUT2D eigenvalue weighted by molar-refractivity contribution is -0.384. The van der Waals surface area contributed by atoms with E-state index < -0.39 is 24.5 Å². The molecule has 2 N–H and O–H groups in total. The van der Waals surface area contributed by atoms with E-state index >= 15 is 0 Å². The second-order valence-electron chi connectivity index (χ2n) is 4.74. The van der Waals surface area contributed by atoms with E-state index in [9.17, 15) is 24.4 Å². The van der Waals surface area contributed by atoms with Crippen molar-refractivity contribution >= 4 is 41.3 Å². The van der Waals surface area contributed by atoms with Gasteiger partial charge in [-0.25, -0.2) is 0 Å². The Morgan fingerprint density at radius 2 is 2.08 bits per heavy atom. The Bertz CT molecular complexity index is 835. The summed E-state index contributed by atoms with van der Waals surface area (Å²) in [6.07, 6.45) is -0.544. The largest absolute Gasteiger partial charge is 0.398 e. The van der Waals surface area contributed by atoms with Gasteiger partial charge in [0.1, 0.15) is 7.11 Å². The number of nitro benzene ring substituents is 1. The minimum Gasteiger partial charge on any atom is -0.398 e. The lowest BCUT2D eigenvalue weighted by Gasteiger charge is -2.13. The van der Waals surface area contributed by atoms with Crippen molar-refractivity contribution in [2.75, 3.05) is 13.4 Å². The van der Waals surface area contributed by atoms with Gasteiger partial charge in [0, 0.05) is 17.4 Å². The van der Waals surface area contributed by atoms with Crippen LogP contribution >= 0.6 is 18.7 Å². The molecule has 25 heavy (non-hydrogen) atoms. The van der Waals surface area contributed by atoms with Gasteiger partial charge in [-0.15, -0.1) is 11.3 Å². The molecule has 0 spiro atoms. The first kappa shape index (κ1) is 18.8. The van der Waals surface area contributed by atoms with Gasteiger partial charge in [0.05, 0.1) is 16.1 Å². The summed E-state index contributed by atoms with van der Waals surface area (Å²) in [7, 11) is -2.64. The van der Waals surface area contributed by atoms with Crippen LogP contribution in [0.4, 0.5) is 5.69 Å². The summed E-state index contributed by atoms with van der Waals surface area (Å²) in [6, 6.07) is 8.03. The van der Waals surface area contributed by atoms with Gasteiger partial charge in [-0.3, -0.25) is 19.5 Å². The number of oxime groups is 1. The average molecular weight is 383 g/mol. The fraction of sp³-hybridized carbons (Fsp3) is 0.143. The van der Waals surface area contributed by atoms with Crippen LogP contribution in [-0.2, 0) is 14.2 Å². The molecule has 1 aromatic heterocycles. The number of carbonyl (C=O) groups excluding carboxylic acids is 1. The first-order chi connectivity index (χ1) is 11.8. The summed E-state index contributed by atoms with van der Waals surface area (Å²) in [6.45, 7) is 0. The van der Waals surface area contributed by atoms with Gasteiger partial charge in [0.25, 0.3) is 11.6 Å². The fourth-order valence-corrected chi connectivity index (χ4v) is 3.72. The number of rotatable bonds is 7. The number of hydrogen-bond donors (Lipinski definition) is 2. The number of hydrogen-bond acceptors (Lipinski definition) is 7. The van der Waals surface area contributed by atoms with Gasteiger partial charge in [-0.05, 0) is 23.6 Å². The lowest BCUT2D eigenvalue weighted by Crippen LogP contribution is -2.33. The SMILES string of the molecule is CO/N=C(\C(=O)NCP(=O)(O)c1ccc([N+](=O)[O-])cc1)c1cccs1. The molecule has 0 aliphatic heterocycles. The molecular formula is C14H14N3O6PS. The van der Waals surface area contributed by atoms with Crippen LogP contribution in [0.5, 0.6) is 0 Å². The van der Waals surface area contributed by atoms with Crippen molar-refractivity contribution in [2.24, 2.45) is 5.16 Å². The molecule has 0 saturated heterocycles. The maximum Gasteiger partial charge on any atom is 0.275 e. The smallest absolute Gasteiger partial charge is 0.275 e. The highest BCUT2D eigenvalue weighted by molar-refractivity contribution is 7.66. The summed E-state index contributed by atoms with van der Waals surface area (Å²) in [5.41, 5.74) is -0.207. The summed E-state index contributed by atoms with van der Waals surface area (Å²) >= 11 is 1.27. The summed E-state index contributed by atoms with van der Waals surface area (Å²) < 4.78 is 12.4. The van der Waals surface area contributed by atoms with Crippen LogP contribution in [0.15, 0.2) is 46.9 Å². The molecule has 1 aromatic carbocycles. The van der Waals surface area contributed by atoms with Crippen LogP contribution in [0.3, 0.4) is 0 Å². The highest BCUT2D eigenvalue weighted by atomic mass is 32.1. The molecule has 0 saturated carbocycles. The van der Waals surface area contributed by atoms with E-state index in [1.807, 2.05) is 0 Å². The van der Waals surface area contributed by atoms with Crippen molar-refractivity contribution in [3.8, 4) is 0 Å². The molecule has 0 aliphatic carbocycles. The molecule has 11 heteroatoms. The average Bonchev–Trinajstić information content (AvgIpc) is 3.12. The topological polar surface area (TPSA) is 131 Å². The Morgan fingerprint density at radius 1 is 1.40 bits per heavy atom. The number of non-ortho nitro benzene ring substituents is 1. The van der Waals surface area contributed by atoms with Crippen LogP contribution in [-0.4, -0.2) is 34.8 Å². The molecule has 0 fully saturated rings. The zero-order chi connectivity index (χ0) is 18.4. The summed E-state index contributed by atoms with van der Waals surface area (Å²) in [4.78, 5) is 37.5. The van der Waals surface area contributed by atoms with Gasteiger partial charge >= 0.3 is 0 Å². The van der Waals surface area contributed by atoms with Gasteiger partial charge < -0.3 is 15.0 Å². The molecule has 0 radical (unpaired) electrons. The summed E-state index contributed by atoms with van der Waals surface area (Å²) in [5, 5.41) is 18.4. The first-order valence-electron chi connectivity index (χ1n) is 6.85. The molecule has 132 valence electrons. The van der Waals surface area contributed by atoms with Crippen molar-refractivity contribution in [3.63, 3.8) is 0 Å². The third-order valence-corrected chi connectivity index (χ3v) is 5.64. The molecule has 1 amide bonds. The van der Waals surface area contributed by atoms with Gasteiger partial charge in [0.15, 0.2) is 5.71 Å². The third kappa shape index (κ3) is 4.72. The van der Waals surface area contributed by atoms with Crippen LogP contribution < -0.4 is 10.6 Å². The molecular weight excluding hydrogens is 369 g/mol. The molecule has 2 rings (SSSR count). The van der Waals surface area contributed by atoms with Gasteiger partial charge in [-0.1, -0.05) is 11.2 Å². The van der Waals surface area contributed by atoms with Crippen LogP contribution in [0.2, 0.25) is 0 Å². The van der Waals surface area contributed by atoms with E-state index in [0.717, 1.165) is 12.1 Å². The monoisotopic (exact) mass is 383 g/mol. The zero-order valence-corrected chi connectivity index (χ0v) is 14.7. The Kier molecular flexibility index (Phi) is 6.02. The summed E-state index contributed by atoms with van der Waals surface area (Å²) in [5.74, 6) is -0.666. The number of nitro groups is 1. The molecule has 1 atom stereocenters. The number of nitrogens with one attached hydrogen (secondary N) is 1. The molecule has 1 unspecified atom stereocenters. The number of carbonyl (C=O) groups is 1. The Labute approximate surface area is 146 Å². The van der Waals surface area contributed by atoms with Crippen molar-refractivity contribution in [3.05, 3.63) is 56.8 Å². The molecule has 1 heterocycles. The predicted molar refractivity (Wildman–Crippen MR) is 93.4 cm³/mol. The van der Waals surface area contributed by atoms with E-state index in [2.05, 4.69) is 15.3 Å². The third-order valence-electron chi connectivity index (χ3n) is 3.07. The number of thiophene rings is 1. The van der Waals surface area contributed by atoms with Crippen molar-refractivity contribution in [2.45, 2.75) is 0 Å². The van der Waals surface area contributed by atoms with Crippen molar-refractivity contribution in [1.29, 1.82) is 0 Å². The molecule has 9 nitrogen and oxygen atoms in total. The predicted octanol–water partition coefficient (Wildman–Crippen LogP) is 1.68. The quantitative estimate of drug-likeness (QED) is 0.324. The van der Waals surface area contributed by atoms with Crippen LogP contribution in [0, 0.1) is 10.1 Å². The van der Waals surface area contributed by atoms with E-state index in [1.165, 1.54) is 30.6 Å². The second kappa shape index (κ2) is 8.02. The highest BCUT2D eigenvalue weighted by Gasteiger charge is 2.25. The van der Waals surface area contributed by atoms with E-state index in [1.54, 1.807) is 17.5 Å². The first-order valence-corrected chi connectivity index (χ1v) is 9.57. The molecule has 2 aromatic rings. The van der Waals surface area contributed by atoms with Gasteiger partial charge in [0.2, 0.25) is 7.37 Å². The van der Waals surface area contributed by atoms with Crippen molar-refractivity contribution in [1.82, 2.24) is 5.32 Å². The maximum atomic E-state index is 12.4. The Hall–Kier alpha value is -2.55. The maximum absolute atomic E-state index is 12.4. The van der Waals surface area contributed by atoms with Crippen molar-refractivity contribution < 1.29 is 24.0 Å². The molecule has 0 bridgehead atoms.